The van der Waals surface area contributed by atoms with Gasteiger partial charge in [0.05, 0.1) is 5.25 Å². The van der Waals surface area contributed by atoms with E-state index in [2.05, 4.69) is 23.6 Å². The second-order valence-electron chi connectivity index (χ2n) is 5.75. The highest BCUT2D eigenvalue weighted by Crippen LogP contribution is 2.29. The highest BCUT2D eigenvalue weighted by Gasteiger charge is 2.31. The summed E-state index contributed by atoms with van der Waals surface area (Å²) in [6.07, 6.45) is 2.63. The van der Waals surface area contributed by atoms with Crippen molar-refractivity contribution in [3.8, 4) is 0 Å². The highest BCUT2D eigenvalue weighted by atomic mass is 32.2. The van der Waals surface area contributed by atoms with Crippen molar-refractivity contribution in [1.82, 2.24) is 9.62 Å². The molecule has 1 aliphatic rings. The van der Waals surface area contributed by atoms with Crippen molar-refractivity contribution in [2.45, 2.75) is 38.4 Å². The third kappa shape index (κ3) is 4.19. The SMILES string of the molecule is CCC(CN)S(=O)(=O)NCC1(C)CCN(C)CC1. The zero-order valence-electron chi connectivity index (χ0n) is 11.8. The van der Waals surface area contributed by atoms with Crippen molar-refractivity contribution in [3.05, 3.63) is 0 Å². The number of piperidine rings is 1. The topological polar surface area (TPSA) is 75.4 Å². The van der Waals surface area contributed by atoms with E-state index in [1.54, 1.807) is 0 Å². The minimum Gasteiger partial charge on any atom is -0.329 e. The van der Waals surface area contributed by atoms with Gasteiger partial charge in [-0.15, -0.1) is 0 Å². The van der Waals surface area contributed by atoms with Crippen LogP contribution in [0.25, 0.3) is 0 Å². The molecule has 0 radical (unpaired) electrons. The molecule has 0 bridgehead atoms. The van der Waals surface area contributed by atoms with Crippen LogP contribution in [0.5, 0.6) is 0 Å². The van der Waals surface area contributed by atoms with Gasteiger partial charge < -0.3 is 10.6 Å². The lowest BCUT2D eigenvalue weighted by molar-refractivity contribution is 0.143. The summed E-state index contributed by atoms with van der Waals surface area (Å²) in [4.78, 5) is 2.28. The van der Waals surface area contributed by atoms with Gasteiger partial charge in [-0.1, -0.05) is 13.8 Å². The van der Waals surface area contributed by atoms with Crippen molar-refractivity contribution in [2.75, 3.05) is 33.2 Å². The summed E-state index contributed by atoms with van der Waals surface area (Å²) in [5.74, 6) is 0. The van der Waals surface area contributed by atoms with Crippen molar-refractivity contribution in [3.63, 3.8) is 0 Å². The van der Waals surface area contributed by atoms with Crippen molar-refractivity contribution in [2.24, 2.45) is 11.1 Å². The van der Waals surface area contributed by atoms with Gasteiger partial charge in [-0.05, 0) is 44.8 Å². The Balaban J connectivity index is 2.54. The van der Waals surface area contributed by atoms with Gasteiger partial charge in [0, 0.05) is 13.1 Å². The van der Waals surface area contributed by atoms with Gasteiger partial charge in [-0.25, -0.2) is 13.1 Å². The molecule has 1 rings (SSSR count). The lowest BCUT2D eigenvalue weighted by Gasteiger charge is -2.38. The van der Waals surface area contributed by atoms with Gasteiger partial charge in [0.1, 0.15) is 0 Å². The van der Waals surface area contributed by atoms with E-state index in [0.717, 1.165) is 25.9 Å². The van der Waals surface area contributed by atoms with Crippen LogP contribution in [0.3, 0.4) is 0 Å². The molecule has 1 heterocycles. The summed E-state index contributed by atoms with van der Waals surface area (Å²) < 4.78 is 26.8. The van der Waals surface area contributed by atoms with Crippen LogP contribution in [0.4, 0.5) is 0 Å². The largest absolute Gasteiger partial charge is 0.329 e. The Labute approximate surface area is 111 Å². The van der Waals surface area contributed by atoms with Crippen molar-refractivity contribution < 1.29 is 8.42 Å². The summed E-state index contributed by atoms with van der Waals surface area (Å²) in [7, 11) is -1.16. The molecule has 0 aromatic heterocycles. The van der Waals surface area contributed by atoms with Crippen LogP contribution in [0.15, 0.2) is 0 Å². The first kappa shape index (κ1) is 15.9. The molecule has 18 heavy (non-hydrogen) atoms. The Hall–Kier alpha value is -0.170. The number of nitrogens with one attached hydrogen (secondary N) is 1. The summed E-state index contributed by atoms with van der Waals surface area (Å²) in [6.45, 7) is 6.80. The first-order chi connectivity index (χ1) is 8.33. The number of hydrogen-bond acceptors (Lipinski definition) is 4. The van der Waals surface area contributed by atoms with Crippen LogP contribution in [-0.2, 0) is 10.0 Å². The van der Waals surface area contributed by atoms with Gasteiger partial charge in [-0.3, -0.25) is 0 Å². The van der Waals surface area contributed by atoms with Gasteiger partial charge in [-0.2, -0.15) is 0 Å². The molecule has 1 unspecified atom stereocenters. The van der Waals surface area contributed by atoms with E-state index in [1.165, 1.54) is 0 Å². The predicted octanol–water partition coefficient (Wildman–Crippen LogP) is 0.375. The third-order valence-corrected chi connectivity index (χ3v) is 6.00. The first-order valence-electron chi connectivity index (χ1n) is 6.70. The minimum absolute atomic E-state index is 0.0759. The lowest BCUT2D eigenvalue weighted by Crippen LogP contribution is -2.46. The molecular weight excluding hydrogens is 250 g/mol. The standard InChI is InChI=1S/C12H27N3O2S/c1-4-11(9-13)18(16,17)14-10-12(2)5-7-15(3)8-6-12/h11,14H,4-10,13H2,1-3H3. The van der Waals surface area contributed by atoms with Gasteiger partial charge in [0.2, 0.25) is 10.0 Å². The van der Waals surface area contributed by atoms with Crippen LogP contribution in [0, 0.1) is 5.41 Å². The molecule has 1 atom stereocenters. The molecule has 3 N–H and O–H groups in total. The van der Waals surface area contributed by atoms with Crippen LogP contribution in [0.2, 0.25) is 0 Å². The quantitative estimate of drug-likeness (QED) is 0.736. The monoisotopic (exact) mass is 277 g/mol. The van der Waals surface area contributed by atoms with Gasteiger partial charge in [0.25, 0.3) is 0 Å². The first-order valence-corrected chi connectivity index (χ1v) is 8.25. The smallest absolute Gasteiger partial charge is 0.215 e. The van der Waals surface area contributed by atoms with Gasteiger partial charge in [0.15, 0.2) is 0 Å². The highest BCUT2D eigenvalue weighted by molar-refractivity contribution is 7.90. The van der Waals surface area contributed by atoms with Crippen molar-refractivity contribution >= 4 is 10.0 Å². The van der Waals surface area contributed by atoms with Crippen molar-refractivity contribution in [1.29, 1.82) is 0 Å². The maximum absolute atomic E-state index is 12.0. The summed E-state index contributed by atoms with van der Waals surface area (Å²) in [6, 6.07) is 0. The summed E-state index contributed by atoms with van der Waals surface area (Å²) >= 11 is 0. The molecule has 5 nitrogen and oxygen atoms in total. The van der Waals surface area contributed by atoms with E-state index in [0.29, 0.717) is 13.0 Å². The van der Waals surface area contributed by atoms with Crippen LogP contribution < -0.4 is 10.5 Å². The molecule has 0 saturated carbocycles. The maximum atomic E-state index is 12.0. The molecule has 1 saturated heterocycles. The predicted molar refractivity (Wildman–Crippen MR) is 74.9 cm³/mol. The number of sulfonamides is 1. The third-order valence-electron chi connectivity index (χ3n) is 4.05. The molecule has 1 aliphatic heterocycles. The maximum Gasteiger partial charge on any atom is 0.215 e. The normalized spacial score (nSPS) is 22.9. The van der Waals surface area contributed by atoms with E-state index in [9.17, 15) is 8.42 Å². The second-order valence-corrected chi connectivity index (χ2v) is 7.79. The van der Waals surface area contributed by atoms with Crippen LogP contribution in [-0.4, -0.2) is 51.8 Å². The molecular formula is C12H27N3O2S. The van der Waals surface area contributed by atoms with E-state index in [-0.39, 0.29) is 12.0 Å². The zero-order valence-corrected chi connectivity index (χ0v) is 12.6. The van der Waals surface area contributed by atoms with Crippen LogP contribution in [0.1, 0.15) is 33.1 Å². The average Bonchev–Trinajstić information content (AvgIpc) is 2.33. The summed E-state index contributed by atoms with van der Waals surface area (Å²) in [5, 5.41) is -0.465. The fourth-order valence-electron chi connectivity index (χ4n) is 2.24. The minimum atomic E-state index is -3.26. The van der Waals surface area contributed by atoms with Crippen LogP contribution >= 0.6 is 0 Å². The Morgan fingerprint density at radius 3 is 2.39 bits per heavy atom. The Morgan fingerprint density at radius 2 is 1.94 bits per heavy atom. The molecule has 0 aromatic carbocycles. The Kier molecular flexibility index (Phi) is 5.58. The molecule has 0 aromatic rings. The molecule has 0 spiro atoms. The van der Waals surface area contributed by atoms with E-state index in [1.807, 2.05) is 6.92 Å². The molecule has 108 valence electrons. The molecule has 1 fully saturated rings. The van der Waals surface area contributed by atoms with E-state index < -0.39 is 15.3 Å². The Morgan fingerprint density at radius 1 is 1.39 bits per heavy atom. The summed E-state index contributed by atoms with van der Waals surface area (Å²) in [5.41, 5.74) is 5.58. The molecule has 0 amide bonds. The zero-order chi connectivity index (χ0) is 13.8. The number of rotatable bonds is 6. The molecule has 6 heteroatoms. The lowest BCUT2D eigenvalue weighted by atomic mass is 9.81. The van der Waals surface area contributed by atoms with E-state index in [4.69, 9.17) is 5.73 Å². The number of nitrogens with two attached hydrogens (primary N) is 1. The fourth-order valence-corrected chi connectivity index (χ4v) is 3.72. The number of hydrogen-bond donors (Lipinski definition) is 2. The molecule has 0 aliphatic carbocycles. The number of likely N-dealkylation sites (tertiary alicyclic amines) is 1. The van der Waals surface area contributed by atoms with Gasteiger partial charge >= 0.3 is 0 Å². The van der Waals surface area contributed by atoms with E-state index >= 15 is 0 Å². The average molecular weight is 277 g/mol. The second kappa shape index (κ2) is 6.32. The fraction of sp³-hybridized carbons (Fsp3) is 1.00. The Bertz CT molecular complexity index is 344. The number of nitrogens with zero attached hydrogens (tertiary/aromatic N) is 1.